The van der Waals surface area contributed by atoms with Gasteiger partial charge in [-0.05, 0) is 0 Å². The van der Waals surface area contributed by atoms with Gasteiger partial charge < -0.3 is 0 Å². The van der Waals surface area contributed by atoms with Gasteiger partial charge in [0.05, 0.1) is 11.1 Å². The van der Waals surface area contributed by atoms with Crippen molar-refractivity contribution in [3.8, 4) is 0 Å². The van der Waals surface area contributed by atoms with Crippen molar-refractivity contribution in [1.82, 2.24) is 4.99 Å². The highest BCUT2D eigenvalue weighted by molar-refractivity contribution is 5.71. The molecule has 0 N–H and O–H groups in total. The molecule has 1 radical (unpaired) electrons. The van der Waals surface area contributed by atoms with Gasteiger partial charge in [0.1, 0.15) is 0 Å². The van der Waals surface area contributed by atoms with Gasteiger partial charge in [0.25, 0.3) is 6.21 Å². The third kappa shape index (κ3) is 0.824. The molecule has 3 heteroatoms. The number of aliphatic imine (C=N–C) groups is 1. The maximum Gasteiger partial charge on any atom is 0.354 e. The van der Waals surface area contributed by atoms with Crippen molar-refractivity contribution >= 4 is 6.21 Å². The molecule has 1 rings (SSSR count). The molecular weight excluding hydrogens is 100 g/mol. The van der Waals surface area contributed by atoms with Crippen LogP contribution in [0, 0.1) is 0 Å². The first-order chi connectivity index (χ1) is 3.21. The standard InChI is InChI=1S/C4H3F2N/c5-4(6)1-2-7-3-4/h1-3H/q+1. The molecule has 0 bridgehead atoms. The summed E-state index contributed by atoms with van der Waals surface area (Å²) in [5, 5.41) is 0. The summed E-state index contributed by atoms with van der Waals surface area (Å²) in [7, 11) is 0. The summed E-state index contributed by atoms with van der Waals surface area (Å²) in [4.78, 5) is 3.18. The van der Waals surface area contributed by atoms with Crippen LogP contribution in [-0.2, 0) is 0 Å². The van der Waals surface area contributed by atoms with Crippen molar-refractivity contribution in [2.24, 2.45) is 0 Å². The lowest BCUT2D eigenvalue weighted by Crippen LogP contribution is -2.10. The Balaban J connectivity index is 2.77. The molecule has 0 aromatic rings. The van der Waals surface area contributed by atoms with E-state index >= 15 is 0 Å². The van der Waals surface area contributed by atoms with Crippen molar-refractivity contribution in [2.75, 3.05) is 0 Å². The maximum absolute atomic E-state index is 11.7. The van der Waals surface area contributed by atoms with E-state index < -0.39 is 5.92 Å². The topological polar surface area (TPSA) is 14.1 Å². The van der Waals surface area contributed by atoms with Gasteiger partial charge in [0, 0.05) is 0 Å². The predicted molar refractivity (Wildman–Crippen MR) is 22.3 cm³/mol. The number of hydrogen-bond donors (Lipinski definition) is 0. The van der Waals surface area contributed by atoms with Gasteiger partial charge in [0.15, 0.2) is 0 Å². The zero-order chi connectivity index (χ0) is 5.33. The molecule has 0 spiro atoms. The number of nitrogens with zero attached hydrogens (tertiary/aromatic N) is 1. The highest BCUT2D eigenvalue weighted by atomic mass is 19.3. The molecule has 0 fully saturated rings. The summed E-state index contributed by atoms with van der Waals surface area (Å²) in [6.45, 7) is 0. The fourth-order valence-electron chi connectivity index (χ4n) is 0.328. The summed E-state index contributed by atoms with van der Waals surface area (Å²) in [6.07, 6.45) is 2.43. The third-order valence-corrected chi connectivity index (χ3v) is 0.629. The van der Waals surface area contributed by atoms with Crippen LogP contribution in [0.15, 0.2) is 12.3 Å². The Labute approximate surface area is 39.4 Å². The summed E-state index contributed by atoms with van der Waals surface area (Å²) in [5.74, 6) is -2.78. The lowest BCUT2D eigenvalue weighted by Gasteiger charge is -1.88. The van der Waals surface area contributed by atoms with Gasteiger partial charge in [-0.15, -0.1) is 0 Å². The monoisotopic (exact) mass is 103 g/mol. The molecule has 37 valence electrons. The minimum atomic E-state index is -2.78. The van der Waals surface area contributed by atoms with Crippen LogP contribution >= 0.6 is 0 Å². The van der Waals surface area contributed by atoms with Crippen LogP contribution in [0.1, 0.15) is 0 Å². The summed E-state index contributed by atoms with van der Waals surface area (Å²) in [5.41, 5.74) is 0. The minimum Gasteiger partial charge on any atom is -0.190 e. The largest absolute Gasteiger partial charge is 0.354 e. The Kier molecular flexibility index (Phi) is 0.708. The first kappa shape index (κ1) is 4.43. The van der Waals surface area contributed by atoms with Gasteiger partial charge >= 0.3 is 5.92 Å². The van der Waals surface area contributed by atoms with Crippen LogP contribution in [0.2, 0.25) is 0 Å². The van der Waals surface area contributed by atoms with E-state index in [0.29, 0.717) is 6.21 Å². The molecule has 0 aliphatic carbocycles. The van der Waals surface area contributed by atoms with E-state index in [0.717, 1.165) is 12.3 Å². The molecule has 1 heterocycles. The van der Waals surface area contributed by atoms with Gasteiger partial charge in [-0.25, -0.2) is 0 Å². The lowest BCUT2D eigenvalue weighted by molar-refractivity contribution is 0.143. The molecule has 1 aliphatic heterocycles. The number of rotatable bonds is 0. The van der Waals surface area contributed by atoms with Gasteiger partial charge in [-0.2, -0.15) is 8.78 Å². The first-order valence-corrected chi connectivity index (χ1v) is 1.81. The van der Waals surface area contributed by atoms with Crippen LogP contribution in [0.4, 0.5) is 8.78 Å². The Morgan fingerprint density at radius 2 is 2.14 bits per heavy atom. The predicted octanol–water partition coefficient (Wildman–Crippen LogP) is 0.556. The summed E-state index contributed by atoms with van der Waals surface area (Å²) >= 11 is 0. The third-order valence-electron chi connectivity index (χ3n) is 0.629. The van der Waals surface area contributed by atoms with E-state index in [-0.39, 0.29) is 0 Å². The molecule has 0 amide bonds. The normalized spacial score (nSPS) is 23.7. The van der Waals surface area contributed by atoms with Crippen LogP contribution < -0.4 is 4.99 Å². The molecule has 0 aromatic heterocycles. The van der Waals surface area contributed by atoms with E-state index in [4.69, 9.17) is 0 Å². The Morgan fingerprint density at radius 3 is 2.29 bits per heavy atom. The molecule has 1 nitrogen and oxygen atoms in total. The quantitative estimate of drug-likeness (QED) is 0.425. The zero-order valence-electron chi connectivity index (χ0n) is 3.44. The average molecular weight is 103 g/mol. The number of hydrogen-bond acceptors (Lipinski definition) is 1. The average Bonchev–Trinajstić information content (AvgIpc) is 1.84. The van der Waals surface area contributed by atoms with Gasteiger partial charge in [0.2, 0.25) is 6.20 Å². The fraction of sp³-hybridized carbons (Fsp3) is 0.250. The van der Waals surface area contributed by atoms with E-state index in [1.54, 1.807) is 0 Å². The maximum atomic E-state index is 11.7. The second kappa shape index (κ2) is 1.12. The smallest absolute Gasteiger partial charge is 0.190 e. The van der Waals surface area contributed by atoms with Crippen molar-refractivity contribution in [2.45, 2.75) is 5.92 Å². The van der Waals surface area contributed by atoms with E-state index in [1.165, 1.54) is 0 Å². The molecule has 7 heavy (non-hydrogen) atoms. The molecule has 0 unspecified atom stereocenters. The van der Waals surface area contributed by atoms with Gasteiger partial charge in [-0.3, -0.25) is 0 Å². The molecule has 1 aliphatic rings. The van der Waals surface area contributed by atoms with Gasteiger partial charge in [-0.1, -0.05) is 0 Å². The van der Waals surface area contributed by atoms with Crippen LogP contribution in [0.5, 0.6) is 0 Å². The van der Waals surface area contributed by atoms with E-state index in [1.807, 2.05) is 0 Å². The van der Waals surface area contributed by atoms with Crippen LogP contribution in [0.3, 0.4) is 0 Å². The highest BCUT2D eigenvalue weighted by Crippen LogP contribution is 2.12. The second-order valence-electron chi connectivity index (χ2n) is 1.27. The van der Waals surface area contributed by atoms with Crippen molar-refractivity contribution in [3.63, 3.8) is 0 Å². The van der Waals surface area contributed by atoms with Crippen LogP contribution in [0.25, 0.3) is 0 Å². The molecule has 0 aromatic carbocycles. The van der Waals surface area contributed by atoms with Crippen molar-refractivity contribution < 1.29 is 8.78 Å². The Hall–Kier alpha value is -0.730. The molecular formula is C4H3F2N+. The molecule has 0 atom stereocenters. The Bertz CT molecular complexity index is 112. The van der Waals surface area contributed by atoms with E-state index in [9.17, 15) is 8.78 Å². The summed E-state index contributed by atoms with van der Waals surface area (Å²) in [6, 6.07) is 0. The number of allylic oxidation sites excluding steroid dienone is 1. The number of alkyl halides is 2. The SMILES string of the molecule is FC1(F)C=C[N+]=C1. The van der Waals surface area contributed by atoms with Crippen LogP contribution in [-0.4, -0.2) is 12.1 Å². The molecule has 0 saturated carbocycles. The Morgan fingerprint density at radius 1 is 1.43 bits per heavy atom. The lowest BCUT2D eigenvalue weighted by atomic mass is 10.4. The highest BCUT2D eigenvalue weighted by Gasteiger charge is 2.32. The summed E-state index contributed by atoms with van der Waals surface area (Å²) < 4.78 is 23.4. The molecule has 0 saturated heterocycles. The van der Waals surface area contributed by atoms with Crippen molar-refractivity contribution in [3.05, 3.63) is 12.3 Å². The van der Waals surface area contributed by atoms with Crippen molar-refractivity contribution in [1.29, 1.82) is 0 Å². The zero-order valence-corrected chi connectivity index (χ0v) is 3.44. The number of halogens is 2. The first-order valence-electron chi connectivity index (χ1n) is 1.81. The second-order valence-corrected chi connectivity index (χ2v) is 1.27. The fourth-order valence-corrected chi connectivity index (χ4v) is 0.328. The van der Waals surface area contributed by atoms with E-state index in [2.05, 4.69) is 4.99 Å². The minimum absolute atomic E-state index is 0.604.